The fourth-order valence-corrected chi connectivity index (χ4v) is 3.64. The van der Waals surface area contributed by atoms with Crippen molar-refractivity contribution < 1.29 is 36.6 Å². The summed E-state index contributed by atoms with van der Waals surface area (Å²) in [5.74, 6) is 0. The van der Waals surface area contributed by atoms with E-state index >= 15 is 0 Å². The molecule has 0 amide bonds. The average molecular weight is 474 g/mol. The van der Waals surface area contributed by atoms with Crippen molar-refractivity contribution in [2.45, 2.75) is 23.6 Å². The van der Waals surface area contributed by atoms with Gasteiger partial charge in [0.25, 0.3) is 0 Å². The van der Waals surface area contributed by atoms with Crippen molar-refractivity contribution in [2.24, 2.45) is 0 Å². The van der Waals surface area contributed by atoms with Crippen molar-refractivity contribution in [3.05, 3.63) is 68.3 Å². The van der Waals surface area contributed by atoms with Crippen LogP contribution in [0.15, 0.2) is 42.5 Å². The van der Waals surface area contributed by atoms with Crippen LogP contribution in [0.25, 0.3) is 0 Å². The van der Waals surface area contributed by atoms with Gasteiger partial charge in [0, 0.05) is 25.8 Å². The molecule has 2 unspecified atom stereocenters. The minimum atomic E-state index is -5.30. The first-order chi connectivity index (χ1) is 11.3. The second-order valence-corrected chi connectivity index (χ2v) is 6.90. The third-order valence-electron chi connectivity index (χ3n) is 4.29. The molecule has 0 fully saturated rings. The van der Waals surface area contributed by atoms with E-state index in [1.54, 1.807) is 22.6 Å². The van der Waals surface area contributed by atoms with Crippen LogP contribution in [0.5, 0.6) is 0 Å². The van der Waals surface area contributed by atoms with Gasteiger partial charge in [0.2, 0.25) is 11.2 Å². The molecule has 0 aromatic heterocycles. The average Bonchev–Trinajstić information content (AvgIpc) is 2.50. The van der Waals surface area contributed by atoms with Gasteiger partial charge in [-0.15, -0.1) is 0 Å². The second kappa shape index (κ2) is 5.34. The Morgan fingerprint density at radius 3 is 1.52 bits per heavy atom. The van der Waals surface area contributed by atoms with E-state index in [9.17, 15) is 36.6 Å². The predicted molar refractivity (Wildman–Crippen MR) is 83.7 cm³/mol. The maximum absolute atomic E-state index is 13.7. The van der Waals surface area contributed by atoms with Crippen molar-refractivity contribution in [3.8, 4) is 0 Å². The zero-order valence-electron chi connectivity index (χ0n) is 12.1. The lowest BCUT2D eigenvalue weighted by Crippen LogP contribution is -2.55. The summed E-state index contributed by atoms with van der Waals surface area (Å²) >= 11 is 1.62. The second-order valence-electron chi connectivity index (χ2n) is 5.65. The smallest absolute Gasteiger partial charge is 0.372 e. The molecule has 1 aliphatic rings. The van der Waals surface area contributed by atoms with Crippen LogP contribution < -0.4 is 0 Å². The van der Waals surface area contributed by atoms with Gasteiger partial charge >= 0.3 is 12.4 Å². The van der Waals surface area contributed by atoms with Crippen LogP contribution in [0, 0.1) is 3.57 Å². The first kappa shape index (κ1) is 18.5. The van der Waals surface area contributed by atoms with Gasteiger partial charge in [0.05, 0.1) is 0 Å². The number of hydrogen-bond acceptors (Lipinski definition) is 2. The Morgan fingerprint density at radius 1 is 0.680 bits per heavy atom. The summed E-state index contributed by atoms with van der Waals surface area (Å²) in [7, 11) is 0. The SMILES string of the molecule is OC1(C(F)(F)F)c2ccccc2C(O)(C(F)(F)F)c2cc(I)ccc21. The molecule has 2 aromatic rings. The van der Waals surface area contributed by atoms with Gasteiger partial charge in [-0.3, -0.25) is 0 Å². The molecule has 9 heteroatoms. The lowest BCUT2D eigenvalue weighted by Gasteiger charge is -2.45. The molecule has 0 spiro atoms. The monoisotopic (exact) mass is 474 g/mol. The normalized spacial score (nSPS) is 26.1. The van der Waals surface area contributed by atoms with Crippen LogP contribution in [-0.2, 0) is 11.2 Å². The van der Waals surface area contributed by atoms with Gasteiger partial charge in [0.1, 0.15) is 0 Å². The third-order valence-corrected chi connectivity index (χ3v) is 4.96. The minimum Gasteiger partial charge on any atom is -0.372 e. The molecule has 0 saturated carbocycles. The first-order valence-electron chi connectivity index (χ1n) is 6.84. The molecule has 2 nitrogen and oxygen atoms in total. The highest BCUT2D eigenvalue weighted by atomic mass is 127. The number of hydrogen-bond donors (Lipinski definition) is 2. The summed E-state index contributed by atoms with van der Waals surface area (Å²) in [5.41, 5.74) is -11.5. The highest BCUT2D eigenvalue weighted by molar-refractivity contribution is 14.1. The van der Waals surface area contributed by atoms with Crippen molar-refractivity contribution in [2.75, 3.05) is 0 Å². The van der Waals surface area contributed by atoms with Crippen LogP contribution in [0.3, 0.4) is 0 Å². The van der Waals surface area contributed by atoms with E-state index in [2.05, 4.69) is 0 Å². The summed E-state index contributed by atoms with van der Waals surface area (Å²) in [6.07, 6.45) is -10.6. The van der Waals surface area contributed by atoms with E-state index in [0.717, 1.165) is 42.5 Å². The number of halogens is 7. The Hall–Kier alpha value is -1.33. The van der Waals surface area contributed by atoms with Crippen molar-refractivity contribution in [3.63, 3.8) is 0 Å². The quantitative estimate of drug-likeness (QED) is 0.444. The fraction of sp³-hybridized carbons (Fsp3) is 0.250. The zero-order valence-corrected chi connectivity index (χ0v) is 14.2. The maximum Gasteiger partial charge on any atom is 0.425 e. The lowest BCUT2D eigenvalue weighted by molar-refractivity contribution is -0.270. The van der Waals surface area contributed by atoms with Crippen molar-refractivity contribution >= 4 is 22.6 Å². The Labute approximate surface area is 151 Å². The molecule has 2 aromatic carbocycles. The molecular formula is C16H9F6IO2. The van der Waals surface area contributed by atoms with Gasteiger partial charge in [-0.05, 0) is 34.7 Å². The van der Waals surface area contributed by atoms with Crippen LogP contribution in [0.1, 0.15) is 22.3 Å². The zero-order chi connectivity index (χ0) is 18.8. The molecule has 1 aliphatic carbocycles. The Kier molecular flexibility index (Phi) is 3.94. The summed E-state index contributed by atoms with van der Waals surface area (Å²) in [6, 6.07) is 6.33. The van der Waals surface area contributed by atoms with E-state index in [4.69, 9.17) is 0 Å². The van der Waals surface area contributed by atoms with Gasteiger partial charge in [-0.1, -0.05) is 30.3 Å². The van der Waals surface area contributed by atoms with Crippen molar-refractivity contribution in [1.82, 2.24) is 0 Å². The molecule has 0 aliphatic heterocycles. The van der Waals surface area contributed by atoms with Gasteiger partial charge in [-0.25, -0.2) is 0 Å². The molecule has 2 atom stereocenters. The first-order valence-corrected chi connectivity index (χ1v) is 7.91. The number of benzene rings is 2. The topological polar surface area (TPSA) is 40.5 Å². The lowest BCUT2D eigenvalue weighted by atomic mass is 9.67. The van der Waals surface area contributed by atoms with Crippen molar-refractivity contribution in [1.29, 1.82) is 0 Å². The van der Waals surface area contributed by atoms with Gasteiger partial charge in [0.15, 0.2) is 0 Å². The number of fused-ring (bicyclic) bond motifs is 2. The molecule has 0 radical (unpaired) electrons. The highest BCUT2D eigenvalue weighted by Crippen LogP contribution is 2.58. The van der Waals surface area contributed by atoms with E-state index in [1.165, 1.54) is 0 Å². The molecule has 134 valence electrons. The Morgan fingerprint density at radius 2 is 1.08 bits per heavy atom. The Bertz CT molecular complexity index is 847. The van der Waals surface area contributed by atoms with Crippen LogP contribution >= 0.6 is 22.6 Å². The van der Waals surface area contributed by atoms with E-state index in [-0.39, 0.29) is 3.57 Å². The largest absolute Gasteiger partial charge is 0.425 e. The van der Waals surface area contributed by atoms with Crippen LogP contribution in [-0.4, -0.2) is 22.6 Å². The third kappa shape index (κ3) is 2.32. The summed E-state index contributed by atoms with van der Waals surface area (Å²) in [6.45, 7) is 0. The number of aliphatic hydroxyl groups is 2. The minimum absolute atomic E-state index is 0.183. The van der Waals surface area contributed by atoms with E-state index in [0.29, 0.717) is 0 Å². The summed E-state index contributed by atoms with van der Waals surface area (Å²) in [4.78, 5) is 0. The van der Waals surface area contributed by atoms with Gasteiger partial charge < -0.3 is 10.2 Å². The van der Waals surface area contributed by atoms with Gasteiger partial charge in [-0.2, -0.15) is 26.3 Å². The number of rotatable bonds is 0. The maximum atomic E-state index is 13.7. The van der Waals surface area contributed by atoms with Crippen LogP contribution in [0.2, 0.25) is 0 Å². The van der Waals surface area contributed by atoms with E-state index in [1.807, 2.05) is 0 Å². The standard InChI is InChI=1S/C16H9F6IO2/c17-15(18,19)13(24)9-3-1-2-4-10(9)14(25,16(20,21)22)12-7-8(23)5-6-11(12)13/h1-7,24-25H. The Balaban J connectivity index is 2.53. The number of alkyl halides is 6. The molecule has 0 saturated heterocycles. The van der Waals surface area contributed by atoms with Crippen LogP contribution in [0.4, 0.5) is 26.3 Å². The molecule has 25 heavy (non-hydrogen) atoms. The highest BCUT2D eigenvalue weighted by Gasteiger charge is 2.68. The van der Waals surface area contributed by atoms with E-state index < -0.39 is 45.8 Å². The molecule has 0 bridgehead atoms. The molecule has 2 N–H and O–H groups in total. The molecular weight excluding hydrogens is 465 g/mol. The predicted octanol–water partition coefficient (Wildman–Crippen LogP) is 4.20. The summed E-state index contributed by atoms with van der Waals surface area (Å²) < 4.78 is 82.6. The molecule has 0 heterocycles. The molecule has 3 rings (SSSR count). The summed E-state index contributed by atoms with van der Waals surface area (Å²) in [5, 5.41) is 21.0. The fourth-order valence-electron chi connectivity index (χ4n) is 3.15.